The van der Waals surface area contributed by atoms with E-state index < -0.39 is 0 Å². The van der Waals surface area contributed by atoms with Crippen molar-refractivity contribution < 1.29 is 9.59 Å². The van der Waals surface area contributed by atoms with E-state index in [1.807, 2.05) is 34.1 Å². The highest BCUT2D eigenvalue weighted by Crippen LogP contribution is 2.26. The summed E-state index contributed by atoms with van der Waals surface area (Å²) in [5, 5.41) is 0.640. The van der Waals surface area contributed by atoms with Gasteiger partial charge in [0.2, 0.25) is 11.8 Å². The Kier molecular flexibility index (Phi) is 9.18. The predicted octanol–water partition coefficient (Wildman–Crippen LogP) is 4.14. The van der Waals surface area contributed by atoms with Crippen molar-refractivity contribution >= 4 is 29.1 Å². The lowest BCUT2D eigenvalue weighted by atomic mass is 9.94. The van der Waals surface area contributed by atoms with E-state index in [-0.39, 0.29) is 17.7 Å². The lowest BCUT2D eigenvalue weighted by Crippen LogP contribution is -2.47. The van der Waals surface area contributed by atoms with Gasteiger partial charge >= 0.3 is 0 Å². The summed E-state index contributed by atoms with van der Waals surface area (Å²) in [4.78, 5) is 34.0. The van der Waals surface area contributed by atoms with E-state index in [0.717, 1.165) is 64.2 Å². The van der Waals surface area contributed by atoms with Gasteiger partial charge in [-0.2, -0.15) is 0 Å². The quantitative estimate of drug-likeness (QED) is 0.551. The topological polar surface area (TPSA) is 47.1 Å². The number of benzene rings is 2. The first-order chi connectivity index (χ1) is 17.0. The van der Waals surface area contributed by atoms with Crippen LogP contribution in [0.2, 0.25) is 5.02 Å². The fraction of sp³-hybridized carbons (Fsp3) is 0.500. The van der Waals surface area contributed by atoms with Gasteiger partial charge in [-0.25, -0.2) is 0 Å². The number of carbonyl (C=O) groups excluding carboxylic acids is 2. The van der Waals surface area contributed by atoms with Gasteiger partial charge in [0.25, 0.3) is 0 Å². The van der Waals surface area contributed by atoms with Crippen LogP contribution in [-0.2, 0) is 16.1 Å². The summed E-state index contributed by atoms with van der Waals surface area (Å²) < 4.78 is 0. The highest BCUT2D eigenvalue weighted by Gasteiger charge is 2.30. The molecular formula is C28H37ClN4O2. The zero-order valence-corrected chi connectivity index (χ0v) is 21.5. The molecule has 2 saturated heterocycles. The number of likely N-dealkylation sites (tertiary alicyclic amines) is 1. The molecule has 0 aliphatic carbocycles. The Labute approximate surface area is 214 Å². The lowest BCUT2D eigenvalue weighted by molar-refractivity contribution is -0.133. The molecule has 6 nitrogen and oxygen atoms in total. The van der Waals surface area contributed by atoms with Gasteiger partial charge in [0, 0.05) is 75.9 Å². The van der Waals surface area contributed by atoms with Crippen molar-refractivity contribution in [3.63, 3.8) is 0 Å². The zero-order chi connectivity index (χ0) is 24.6. The SMILES string of the molecule is CC(=O)N1CCC(C(=O)N(CCCN2CCN(Cc3ccccc3)CC2)c2cccc(Cl)c2)CC1. The van der Waals surface area contributed by atoms with Crippen LogP contribution in [0.5, 0.6) is 0 Å². The summed E-state index contributed by atoms with van der Waals surface area (Å²) in [6.45, 7) is 9.83. The Balaban J connectivity index is 1.29. The van der Waals surface area contributed by atoms with Gasteiger partial charge in [-0.3, -0.25) is 14.5 Å². The second-order valence-electron chi connectivity index (χ2n) is 9.71. The van der Waals surface area contributed by atoms with Gasteiger partial charge in [0.05, 0.1) is 0 Å². The zero-order valence-electron chi connectivity index (χ0n) is 20.7. The van der Waals surface area contributed by atoms with Gasteiger partial charge in [0.15, 0.2) is 0 Å². The van der Waals surface area contributed by atoms with Crippen LogP contribution < -0.4 is 4.90 Å². The highest BCUT2D eigenvalue weighted by atomic mass is 35.5. The Morgan fingerprint density at radius 2 is 1.60 bits per heavy atom. The average molecular weight is 497 g/mol. The van der Waals surface area contributed by atoms with E-state index >= 15 is 0 Å². The molecule has 0 aromatic heterocycles. The molecule has 2 aromatic carbocycles. The van der Waals surface area contributed by atoms with Crippen LogP contribution in [0, 0.1) is 5.92 Å². The maximum atomic E-state index is 13.5. The summed E-state index contributed by atoms with van der Waals surface area (Å²) in [6, 6.07) is 18.2. The first-order valence-corrected chi connectivity index (χ1v) is 13.2. The van der Waals surface area contributed by atoms with E-state index in [1.54, 1.807) is 6.92 Å². The maximum absolute atomic E-state index is 13.5. The fourth-order valence-electron chi connectivity index (χ4n) is 5.14. The van der Waals surface area contributed by atoms with E-state index in [2.05, 4.69) is 40.1 Å². The smallest absolute Gasteiger partial charge is 0.230 e. The molecule has 0 bridgehead atoms. The molecule has 0 saturated carbocycles. The Morgan fingerprint density at radius 3 is 2.26 bits per heavy atom. The summed E-state index contributed by atoms with van der Waals surface area (Å²) in [5.74, 6) is 0.195. The molecule has 0 unspecified atom stereocenters. The van der Waals surface area contributed by atoms with Crippen molar-refractivity contribution in [2.45, 2.75) is 32.7 Å². The minimum Gasteiger partial charge on any atom is -0.343 e. The number of hydrogen-bond acceptors (Lipinski definition) is 4. The van der Waals surface area contributed by atoms with Crippen molar-refractivity contribution in [3.8, 4) is 0 Å². The van der Waals surface area contributed by atoms with Crippen molar-refractivity contribution in [1.82, 2.24) is 14.7 Å². The first-order valence-electron chi connectivity index (χ1n) is 12.8. The highest BCUT2D eigenvalue weighted by molar-refractivity contribution is 6.30. The molecule has 7 heteroatoms. The van der Waals surface area contributed by atoms with E-state index in [1.165, 1.54) is 5.56 Å². The third kappa shape index (κ3) is 7.29. The van der Waals surface area contributed by atoms with Gasteiger partial charge in [-0.05, 0) is 49.6 Å². The average Bonchev–Trinajstić information content (AvgIpc) is 2.88. The van der Waals surface area contributed by atoms with Crippen molar-refractivity contribution in [3.05, 3.63) is 65.2 Å². The molecule has 0 N–H and O–H groups in total. The molecule has 0 radical (unpaired) electrons. The molecule has 0 atom stereocenters. The standard InChI is InChI=1S/C28H37ClN4O2/c1-23(34)32-15-11-25(12-16-32)28(35)33(27-10-5-9-26(29)21-27)14-6-13-30-17-19-31(20-18-30)22-24-7-3-2-4-8-24/h2-5,7-10,21,25H,6,11-20,22H2,1H3. The van der Waals surface area contributed by atoms with Gasteiger partial charge < -0.3 is 14.7 Å². The van der Waals surface area contributed by atoms with Crippen molar-refractivity contribution in [2.24, 2.45) is 5.92 Å². The number of carbonyl (C=O) groups is 2. The minimum absolute atomic E-state index is 0.0499. The molecule has 2 aliphatic heterocycles. The van der Waals surface area contributed by atoms with Crippen LogP contribution >= 0.6 is 11.6 Å². The number of hydrogen-bond donors (Lipinski definition) is 0. The molecule has 2 aromatic rings. The Morgan fingerprint density at radius 1 is 0.914 bits per heavy atom. The van der Waals surface area contributed by atoms with Gasteiger partial charge in [-0.1, -0.05) is 48.0 Å². The molecule has 2 aliphatic rings. The molecule has 4 rings (SSSR count). The second-order valence-corrected chi connectivity index (χ2v) is 10.1. The molecule has 2 amide bonds. The number of piperidine rings is 1. The number of nitrogens with zero attached hydrogens (tertiary/aromatic N) is 4. The molecule has 0 spiro atoms. The molecular weight excluding hydrogens is 460 g/mol. The normalized spacial score (nSPS) is 17.9. The number of anilines is 1. The van der Waals surface area contributed by atoms with E-state index in [4.69, 9.17) is 11.6 Å². The van der Waals surface area contributed by atoms with Gasteiger partial charge in [-0.15, -0.1) is 0 Å². The summed E-state index contributed by atoms with van der Waals surface area (Å²) in [7, 11) is 0. The largest absolute Gasteiger partial charge is 0.343 e. The van der Waals surface area contributed by atoms with Crippen molar-refractivity contribution in [2.75, 3.05) is 57.3 Å². The van der Waals surface area contributed by atoms with Crippen LogP contribution in [0.3, 0.4) is 0 Å². The predicted molar refractivity (Wildman–Crippen MR) is 142 cm³/mol. The Hall–Kier alpha value is -2.41. The number of rotatable bonds is 8. The van der Waals surface area contributed by atoms with Crippen LogP contribution in [0.4, 0.5) is 5.69 Å². The van der Waals surface area contributed by atoms with E-state index in [9.17, 15) is 9.59 Å². The fourth-order valence-corrected chi connectivity index (χ4v) is 5.32. The van der Waals surface area contributed by atoms with Crippen LogP contribution in [0.25, 0.3) is 0 Å². The van der Waals surface area contributed by atoms with Crippen LogP contribution in [0.1, 0.15) is 31.7 Å². The Bertz CT molecular complexity index is 970. The second kappa shape index (κ2) is 12.5. The molecule has 2 heterocycles. The third-order valence-electron chi connectivity index (χ3n) is 7.25. The number of halogens is 1. The monoisotopic (exact) mass is 496 g/mol. The van der Waals surface area contributed by atoms with Gasteiger partial charge in [0.1, 0.15) is 0 Å². The van der Waals surface area contributed by atoms with Crippen LogP contribution in [-0.4, -0.2) is 78.9 Å². The number of amides is 2. The summed E-state index contributed by atoms with van der Waals surface area (Å²) in [6.07, 6.45) is 2.36. The van der Waals surface area contributed by atoms with Crippen molar-refractivity contribution in [1.29, 1.82) is 0 Å². The molecule has 35 heavy (non-hydrogen) atoms. The maximum Gasteiger partial charge on any atom is 0.230 e. The first kappa shape index (κ1) is 25.7. The number of piperazine rings is 1. The molecule has 2 fully saturated rings. The van der Waals surface area contributed by atoms with E-state index in [0.29, 0.717) is 24.7 Å². The third-order valence-corrected chi connectivity index (χ3v) is 7.48. The summed E-state index contributed by atoms with van der Waals surface area (Å²) in [5.41, 5.74) is 2.23. The molecule has 188 valence electrons. The summed E-state index contributed by atoms with van der Waals surface area (Å²) >= 11 is 6.27. The minimum atomic E-state index is -0.0499. The lowest BCUT2D eigenvalue weighted by Gasteiger charge is -2.36. The van der Waals surface area contributed by atoms with Crippen LogP contribution in [0.15, 0.2) is 54.6 Å².